The summed E-state index contributed by atoms with van der Waals surface area (Å²) in [5, 5.41) is 1.11. The summed E-state index contributed by atoms with van der Waals surface area (Å²) in [6.45, 7) is 2.24. The van der Waals surface area contributed by atoms with Gasteiger partial charge in [-0.2, -0.15) is 11.8 Å². The Kier molecular flexibility index (Phi) is 4.76. The molecule has 2 rings (SSSR count). The minimum atomic E-state index is 0.457. The van der Waals surface area contributed by atoms with Crippen LogP contribution in [0.1, 0.15) is 24.4 Å². The molecule has 2 atom stereocenters. The highest BCUT2D eigenvalue weighted by atomic mass is 79.9. The Hall–Kier alpha value is 0.480. The van der Waals surface area contributed by atoms with E-state index in [2.05, 4.69) is 32.8 Å². The molecule has 1 aromatic rings. The Morgan fingerprint density at radius 2 is 2.31 bits per heavy atom. The van der Waals surface area contributed by atoms with Crippen LogP contribution in [-0.4, -0.2) is 26.7 Å². The normalized spacial score (nSPS) is 25.6. The first-order chi connectivity index (χ1) is 7.72. The lowest BCUT2D eigenvalue weighted by Gasteiger charge is -2.29. The predicted octanol–water partition coefficient (Wildman–Crippen LogP) is 4.20. The van der Waals surface area contributed by atoms with Crippen molar-refractivity contribution in [3.05, 3.63) is 21.1 Å². The van der Waals surface area contributed by atoms with Gasteiger partial charge < -0.3 is 4.98 Å². The number of nitrogens with one attached hydrogen (secondary N) is 1. The first-order valence-corrected chi connectivity index (χ1v) is 8.50. The molecule has 0 radical (unpaired) electrons. The molecule has 0 aliphatic carbocycles. The number of aromatic amines is 1. The molecule has 1 fully saturated rings. The van der Waals surface area contributed by atoms with Crippen molar-refractivity contribution in [3.63, 3.8) is 0 Å². The van der Waals surface area contributed by atoms with Crippen LogP contribution in [0.2, 0.25) is 0 Å². The Morgan fingerprint density at radius 1 is 1.56 bits per heavy atom. The summed E-state index contributed by atoms with van der Waals surface area (Å²) >= 11 is 12.6. The Balaban J connectivity index is 2.27. The number of rotatable bonds is 2. The average Bonchev–Trinajstić information content (AvgIpc) is 2.32. The molecule has 0 saturated carbocycles. The van der Waals surface area contributed by atoms with Gasteiger partial charge in [0.2, 0.25) is 0 Å². The van der Waals surface area contributed by atoms with Gasteiger partial charge in [0.05, 0.1) is 9.72 Å². The molecule has 1 N–H and O–H groups in total. The predicted molar refractivity (Wildman–Crippen MR) is 78.9 cm³/mol. The zero-order valence-corrected chi connectivity index (χ0v) is 12.9. The molecule has 1 aromatic heterocycles. The molecule has 0 amide bonds. The van der Waals surface area contributed by atoms with Crippen LogP contribution >= 0.6 is 51.7 Å². The second kappa shape index (κ2) is 5.89. The van der Waals surface area contributed by atoms with E-state index in [9.17, 15) is 0 Å². The van der Waals surface area contributed by atoms with Crippen LogP contribution in [0.5, 0.6) is 0 Å². The highest BCUT2D eigenvalue weighted by molar-refractivity contribution is 9.10. The zero-order valence-electron chi connectivity index (χ0n) is 8.90. The van der Waals surface area contributed by atoms with E-state index in [4.69, 9.17) is 12.2 Å². The molecule has 0 aromatic carbocycles. The second-order valence-electron chi connectivity index (χ2n) is 3.55. The van der Waals surface area contributed by atoms with E-state index in [0.29, 0.717) is 10.5 Å². The van der Waals surface area contributed by atoms with Gasteiger partial charge in [0.15, 0.2) is 0 Å². The van der Waals surface area contributed by atoms with Gasteiger partial charge in [-0.25, -0.2) is 4.98 Å². The summed E-state index contributed by atoms with van der Waals surface area (Å²) in [6.07, 6.45) is 2.99. The highest BCUT2D eigenvalue weighted by Gasteiger charge is 2.28. The van der Waals surface area contributed by atoms with Crippen molar-refractivity contribution in [2.45, 2.75) is 23.8 Å². The van der Waals surface area contributed by atoms with Crippen molar-refractivity contribution >= 4 is 51.7 Å². The first-order valence-electron chi connectivity index (χ1n) is 5.20. The summed E-state index contributed by atoms with van der Waals surface area (Å²) < 4.78 is 1.61. The minimum Gasteiger partial charge on any atom is -0.333 e. The van der Waals surface area contributed by atoms with Crippen molar-refractivity contribution in [1.82, 2.24) is 9.97 Å². The molecule has 2 heterocycles. The highest BCUT2D eigenvalue weighted by Crippen LogP contribution is 2.42. The van der Waals surface area contributed by atoms with E-state index in [1.54, 1.807) is 6.20 Å². The number of nitrogens with zero attached hydrogens (tertiary/aromatic N) is 1. The van der Waals surface area contributed by atoms with E-state index in [1.165, 1.54) is 17.9 Å². The lowest BCUT2D eigenvalue weighted by Crippen LogP contribution is -2.20. The molecule has 0 bridgehead atoms. The molecule has 1 saturated heterocycles. The van der Waals surface area contributed by atoms with Crippen LogP contribution in [0, 0.1) is 4.64 Å². The maximum absolute atomic E-state index is 5.23. The van der Waals surface area contributed by atoms with E-state index < -0.39 is 0 Å². The average molecular weight is 337 g/mol. The third-order valence-electron chi connectivity index (χ3n) is 2.50. The third-order valence-corrected chi connectivity index (χ3v) is 6.94. The summed E-state index contributed by atoms with van der Waals surface area (Å²) in [7, 11) is 0. The largest absolute Gasteiger partial charge is 0.333 e. The van der Waals surface area contributed by atoms with Crippen molar-refractivity contribution in [3.8, 4) is 0 Å². The van der Waals surface area contributed by atoms with Gasteiger partial charge in [0.1, 0.15) is 10.5 Å². The fraction of sp³-hybridized carbons (Fsp3) is 0.600. The molecule has 2 nitrogen and oxygen atoms in total. The van der Waals surface area contributed by atoms with Crippen molar-refractivity contribution < 1.29 is 0 Å². The number of thioether (sulfide) groups is 2. The smallest absolute Gasteiger partial charge is 0.121 e. The van der Waals surface area contributed by atoms with E-state index in [1.807, 2.05) is 23.5 Å². The standard InChI is InChI=1S/C10H13BrN2S3/c1-2-7-8(16-4-3-15-7)9-12-5-6(11)10(14)13-9/h5,7-8H,2-4H2,1H3,(H,12,13,14). The van der Waals surface area contributed by atoms with Crippen molar-refractivity contribution in [1.29, 1.82) is 0 Å². The molecule has 1 aliphatic rings. The Labute approximate surface area is 118 Å². The fourth-order valence-electron chi connectivity index (χ4n) is 1.69. The third kappa shape index (κ3) is 2.83. The number of halogens is 1. The quantitative estimate of drug-likeness (QED) is 0.819. The fourth-order valence-corrected chi connectivity index (χ4v) is 5.07. The van der Waals surface area contributed by atoms with Crippen molar-refractivity contribution in [2.75, 3.05) is 11.5 Å². The molecular weight excluding hydrogens is 324 g/mol. The molecule has 6 heteroatoms. The number of H-pyrrole nitrogens is 1. The first kappa shape index (κ1) is 12.9. The number of aromatic nitrogens is 2. The maximum Gasteiger partial charge on any atom is 0.121 e. The lowest BCUT2D eigenvalue weighted by molar-refractivity contribution is 0.746. The van der Waals surface area contributed by atoms with Crippen molar-refractivity contribution in [2.24, 2.45) is 0 Å². The maximum atomic E-state index is 5.23. The van der Waals surface area contributed by atoms with Gasteiger partial charge in [-0.3, -0.25) is 0 Å². The lowest BCUT2D eigenvalue weighted by atomic mass is 10.2. The molecule has 16 heavy (non-hydrogen) atoms. The second-order valence-corrected chi connectivity index (χ2v) is 7.41. The van der Waals surface area contributed by atoms with Gasteiger partial charge >= 0.3 is 0 Å². The van der Waals surface area contributed by atoms with Gasteiger partial charge in [-0.05, 0) is 22.4 Å². The van der Waals surface area contributed by atoms with Crippen LogP contribution < -0.4 is 0 Å². The summed E-state index contributed by atoms with van der Waals surface area (Å²) in [5.41, 5.74) is 0. The minimum absolute atomic E-state index is 0.457. The molecular formula is C10H13BrN2S3. The van der Waals surface area contributed by atoms with Crippen LogP contribution in [0.15, 0.2) is 10.7 Å². The molecule has 1 aliphatic heterocycles. The van der Waals surface area contributed by atoms with Gasteiger partial charge in [-0.1, -0.05) is 19.1 Å². The molecule has 88 valence electrons. The molecule has 0 spiro atoms. The van der Waals surface area contributed by atoms with Gasteiger partial charge in [-0.15, -0.1) is 11.8 Å². The monoisotopic (exact) mass is 336 g/mol. The van der Waals surface area contributed by atoms with Gasteiger partial charge in [0.25, 0.3) is 0 Å². The number of hydrogen-bond acceptors (Lipinski definition) is 4. The summed E-state index contributed by atoms with van der Waals surface area (Å²) in [6, 6.07) is 0. The van der Waals surface area contributed by atoms with Crippen LogP contribution in [0.3, 0.4) is 0 Å². The zero-order chi connectivity index (χ0) is 11.5. The number of hydrogen-bond donors (Lipinski definition) is 1. The van der Waals surface area contributed by atoms with Crippen LogP contribution in [0.4, 0.5) is 0 Å². The van der Waals surface area contributed by atoms with E-state index in [-0.39, 0.29) is 0 Å². The topological polar surface area (TPSA) is 28.7 Å². The van der Waals surface area contributed by atoms with Gasteiger partial charge in [0, 0.05) is 23.0 Å². The summed E-state index contributed by atoms with van der Waals surface area (Å²) in [4.78, 5) is 7.69. The van der Waals surface area contributed by atoms with Crippen LogP contribution in [-0.2, 0) is 0 Å². The van der Waals surface area contributed by atoms with E-state index >= 15 is 0 Å². The Bertz CT molecular complexity index is 421. The Morgan fingerprint density at radius 3 is 3.00 bits per heavy atom. The SMILES string of the molecule is CCC1SCCSC1c1ncc(Br)c(=S)[nH]1. The molecule has 2 unspecified atom stereocenters. The summed E-state index contributed by atoms with van der Waals surface area (Å²) in [5.74, 6) is 3.47. The van der Waals surface area contributed by atoms with E-state index in [0.717, 1.165) is 14.9 Å². The van der Waals surface area contributed by atoms with Crippen LogP contribution in [0.25, 0.3) is 0 Å².